The van der Waals surface area contributed by atoms with E-state index in [4.69, 9.17) is 0 Å². The molecule has 2 heterocycles. The van der Waals surface area contributed by atoms with Crippen molar-refractivity contribution in [1.82, 2.24) is 9.97 Å². The molecule has 2 aromatic heterocycles. The van der Waals surface area contributed by atoms with Gasteiger partial charge < -0.3 is 0 Å². The third-order valence-electron chi connectivity index (χ3n) is 1.48. The van der Waals surface area contributed by atoms with Crippen molar-refractivity contribution < 1.29 is 0 Å². The van der Waals surface area contributed by atoms with Crippen molar-refractivity contribution in [3.05, 3.63) is 41.0 Å². The van der Waals surface area contributed by atoms with Gasteiger partial charge >= 0.3 is 0 Å². The molecule has 2 nitrogen and oxygen atoms in total. The molecule has 0 fully saturated rings. The van der Waals surface area contributed by atoms with E-state index in [0.717, 1.165) is 10.8 Å². The lowest BCUT2D eigenvalue weighted by Crippen LogP contribution is -1.80. The Morgan fingerprint density at radius 1 is 1.38 bits per heavy atom. The molecule has 0 saturated heterocycles. The summed E-state index contributed by atoms with van der Waals surface area (Å²) in [7, 11) is 0. The van der Waals surface area contributed by atoms with E-state index >= 15 is 0 Å². The highest BCUT2D eigenvalue weighted by molar-refractivity contribution is 7.98. The van der Waals surface area contributed by atoms with Crippen LogP contribution in [0.4, 0.5) is 0 Å². The van der Waals surface area contributed by atoms with Gasteiger partial charge in [-0.15, -0.1) is 11.3 Å². The number of thiophene rings is 1. The van der Waals surface area contributed by atoms with Crippen molar-refractivity contribution in [2.24, 2.45) is 0 Å². The van der Waals surface area contributed by atoms with Gasteiger partial charge in [-0.05, 0) is 11.4 Å². The first-order valence-corrected chi connectivity index (χ1v) is 5.73. The number of aromatic nitrogens is 2. The van der Waals surface area contributed by atoms with Crippen molar-refractivity contribution >= 4 is 23.1 Å². The van der Waals surface area contributed by atoms with Crippen LogP contribution in [0, 0.1) is 0 Å². The van der Waals surface area contributed by atoms with Crippen molar-refractivity contribution in [3.63, 3.8) is 0 Å². The van der Waals surface area contributed by atoms with Gasteiger partial charge in [-0.3, -0.25) is 4.98 Å². The molecular weight excluding hydrogens is 200 g/mol. The van der Waals surface area contributed by atoms with Gasteiger partial charge in [0.05, 0.1) is 6.20 Å². The van der Waals surface area contributed by atoms with E-state index in [1.54, 1.807) is 41.7 Å². The zero-order valence-corrected chi connectivity index (χ0v) is 8.52. The average molecular weight is 208 g/mol. The minimum atomic E-state index is 0.982. The van der Waals surface area contributed by atoms with Gasteiger partial charge in [0.15, 0.2) is 0 Å². The van der Waals surface area contributed by atoms with Crippen molar-refractivity contribution in [1.29, 1.82) is 0 Å². The van der Waals surface area contributed by atoms with Crippen LogP contribution in [0.5, 0.6) is 0 Å². The molecule has 0 N–H and O–H groups in total. The number of rotatable bonds is 3. The number of hydrogen-bond donors (Lipinski definition) is 0. The molecule has 0 aliphatic carbocycles. The van der Waals surface area contributed by atoms with Crippen molar-refractivity contribution in [2.75, 3.05) is 0 Å². The molecule has 0 aromatic carbocycles. The van der Waals surface area contributed by atoms with Crippen LogP contribution in [0.1, 0.15) is 4.88 Å². The Labute approximate surface area is 85.1 Å². The molecule has 66 valence electrons. The summed E-state index contributed by atoms with van der Waals surface area (Å²) in [6.45, 7) is 0. The lowest BCUT2D eigenvalue weighted by atomic mass is 10.5. The van der Waals surface area contributed by atoms with Gasteiger partial charge in [-0.2, -0.15) is 0 Å². The van der Waals surface area contributed by atoms with Crippen molar-refractivity contribution in [2.45, 2.75) is 10.8 Å². The molecule has 0 saturated carbocycles. The number of thioether (sulfide) groups is 1. The van der Waals surface area contributed by atoms with E-state index in [-0.39, 0.29) is 0 Å². The zero-order chi connectivity index (χ0) is 8.93. The van der Waals surface area contributed by atoms with E-state index in [1.807, 2.05) is 0 Å². The monoisotopic (exact) mass is 208 g/mol. The topological polar surface area (TPSA) is 25.8 Å². The van der Waals surface area contributed by atoms with Crippen LogP contribution < -0.4 is 0 Å². The first-order chi connectivity index (χ1) is 6.45. The van der Waals surface area contributed by atoms with Crippen LogP contribution in [0.3, 0.4) is 0 Å². The van der Waals surface area contributed by atoms with Crippen LogP contribution in [0.2, 0.25) is 0 Å². The fourth-order valence-corrected chi connectivity index (χ4v) is 2.49. The summed E-state index contributed by atoms with van der Waals surface area (Å²) < 4.78 is 0. The maximum absolute atomic E-state index is 4.18. The lowest BCUT2D eigenvalue weighted by Gasteiger charge is -1.96. The highest BCUT2D eigenvalue weighted by Gasteiger charge is 1.96. The molecular formula is C9H8N2S2. The number of hydrogen-bond acceptors (Lipinski definition) is 4. The van der Waals surface area contributed by atoms with Gasteiger partial charge in [-0.25, -0.2) is 4.98 Å². The summed E-state index contributed by atoms with van der Waals surface area (Å²) in [5, 5.41) is 3.07. The summed E-state index contributed by atoms with van der Waals surface area (Å²) in [5.41, 5.74) is 0. The second-order valence-electron chi connectivity index (χ2n) is 2.41. The van der Waals surface area contributed by atoms with Gasteiger partial charge in [0.1, 0.15) is 5.03 Å². The molecule has 0 spiro atoms. The number of nitrogens with zero attached hydrogens (tertiary/aromatic N) is 2. The van der Waals surface area contributed by atoms with Crippen LogP contribution in [-0.4, -0.2) is 9.97 Å². The maximum atomic E-state index is 4.18. The molecule has 0 amide bonds. The van der Waals surface area contributed by atoms with Gasteiger partial charge in [0, 0.05) is 23.0 Å². The summed E-state index contributed by atoms with van der Waals surface area (Å²) >= 11 is 3.49. The molecule has 4 heteroatoms. The SMILES string of the molecule is c1csc(CSc2cnccn2)c1. The molecule has 2 aromatic rings. The van der Waals surface area contributed by atoms with Gasteiger partial charge in [0.25, 0.3) is 0 Å². The second kappa shape index (κ2) is 4.39. The Hall–Kier alpha value is -0.870. The standard InChI is InChI=1S/C9H8N2S2/c1-2-8(12-5-1)7-13-9-6-10-3-4-11-9/h1-6H,7H2. The molecule has 2 rings (SSSR count). The van der Waals surface area contributed by atoms with E-state index in [9.17, 15) is 0 Å². The quantitative estimate of drug-likeness (QED) is 0.725. The smallest absolute Gasteiger partial charge is 0.115 e. The predicted octanol–water partition coefficient (Wildman–Crippen LogP) is 2.83. The van der Waals surface area contributed by atoms with E-state index < -0.39 is 0 Å². The highest BCUT2D eigenvalue weighted by atomic mass is 32.2. The minimum Gasteiger partial charge on any atom is -0.260 e. The minimum absolute atomic E-state index is 0.982. The molecule has 0 unspecified atom stereocenters. The molecule has 0 atom stereocenters. The zero-order valence-electron chi connectivity index (χ0n) is 6.88. The third-order valence-corrected chi connectivity index (χ3v) is 3.50. The summed E-state index contributed by atoms with van der Waals surface area (Å²) in [6, 6.07) is 4.20. The average Bonchev–Trinajstić information content (AvgIpc) is 2.69. The molecule has 0 radical (unpaired) electrons. The van der Waals surface area contributed by atoms with Gasteiger partial charge in [-0.1, -0.05) is 17.8 Å². The Bertz CT molecular complexity index is 345. The summed E-state index contributed by atoms with van der Waals surface area (Å²) in [6.07, 6.45) is 5.20. The summed E-state index contributed by atoms with van der Waals surface area (Å²) in [4.78, 5) is 9.56. The molecule has 0 aliphatic rings. The Morgan fingerprint density at radius 2 is 2.38 bits per heavy atom. The third kappa shape index (κ3) is 2.54. The highest BCUT2D eigenvalue weighted by Crippen LogP contribution is 2.22. The maximum Gasteiger partial charge on any atom is 0.115 e. The first-order valence-electron chi connectivity index (χ1n) is 3.86. The van der Waals surface area contributed by atoms with Gasteiger partial charge in [0.2, 0.25) is 0 Å². The fourth-order valence-electron chi connectivity index (χ4n) is 0.900. The normalized spacial score (nSPS) is 10.2. The largest absolute Gasteiger partial charge is 0.260 e. The van der Waals surface area contributed by atoms with Crippen molar-refractivity contribution in [3.8, 4) is 0 Å². The Kier molecular flexibility index (Phi) is 2.94. The van der Waals surface area contributed by atoms with Crippen LogP contribution in [0.25, 0.3) is 0 Å². The van der Waals surface area contributed by atoms with Crippen LogP contribution in [0.15, 0.2) is 41.1 Å². The Balaban J connectivity index is 1.94. The molecule has 0 bridgehead atoms. The predicted molar refractivity (Wildman–Crippen MR) is 55.9 cm³/mol. The summed E-state index contributed by atoms with van der Waals surface area (Å²) in [5.74, 6) is 0.982. The molecule has 13 heavy (non-hydrogen) atoms. The van der Waals surface area contributed by atoms with E-state index in [2.05, 4.69) is 27.5 Å². The second-order valence-corrected chi connectivity index (χ2v) is 4.44. The van der Waals surface area contributed by atoms with E-state index in [0.29, 0.717) is 0 Å². The Morgan fingerprint density at radius 3 is 3.08 bits per heavy atom. The molecule has 0 aliphatic heterocycles. The lowest BCUT2D eigenvalue weighted by molar-refractivity contribution is 1.05. The fraction of sp³-hybridized carbons (Fsp3) is 0.111. The van der Waals surface area contributed by atoms with Crippen LogP contribution >= 0.6 is 23.1 Å². The first kappa shape index (κ1) is 8.72. The van der Waals surface area contributed by atoms with Crippen LogP contribution in [-0.2, 0) is 5.75 Å². The van der Waals surface area contributed by atoms with E-state index in [1.165, 1.54) is 4.88 Å².